The van der Waals surface area contributed by atoms with E-state index in [0.29, 0.717) is 6.61 Å². The molecule has 0 aliphatic heterocycles. The molecule has 0 radical (unpaired) electrons. The predicted molar refractivity (Wildman–Crippen MR) is 97.2 cm³/mol. The second kappa shape index (κ2) is 8.67. The second-order valence-corrected chi connectivity index (χ2v) is 4.98. The summed E-state index contributed by atoms with van der Waals surface area (Å²) in [5.74, 6) is 2.97. The Bertz CT molecular complexity index is 697. The first kappa shape index (κ1) is 17.5. The lowest BCUT2D eigenvalue weighted by Gasteiger charge is -2.10. The highest BCUT2D eigenvalue weighted by Gasteiger charge is 2.04. The maximum Gasteiger partial charge on any atom is 0.130 e. The average molecular weight is 326 g/mol. The molecule has 4 nitrogen and oxygen atoms in total. The van der Waals surface area contributed by atoms with Crippen molar-refractivity contribution in [2.75, 3.05) is 27.9 Å². The van der Waals surface area contributed by atoms with Gasteiger partial charge in [-0.1, -0.05) is 24.8 Å². The quantitative estimate of drug-likeness (QED) is 0.530. The summed E-state index contributed by atoms with van der Waals surface area (Å²) in [6.07, 6.45) is 5.67. The number of hydrogen-bond donors (Lipinski definition) is 0. The smallest absolute Gasteiger partial charge is 0.130 e. The Morgan fingerprint density at radius 3 is 2.08 bits per heavy atom. The van der Waals surface area contributed by atoms with Crippen LogP contribution in [0.5, 0.6) is 23.0 Å². The van der Waals surface area contributed by atoms with Crippen molar-refractivity contribution >= 4 is 12.2 Å². The van der Waals surface area contributed by atoms with Gasteiger partial charge in [0.25, 0.3) is 0 Å². The molecule has 2 rings (SSSR count). The van der Waals surface area contributed by atoms with Crippen LogP contribution in [0.2, 0.25) is 0 Å². The molecule has 2 aromatic rings. The molecule has 24 heavy (non-hydrogen) atoms. The molecule has 0 amide bonds. The number of ether oxygens (including phenoxy) is 4. The molecule has 4 heteroatoms. The van der Waals surface area contributed by atoms with Gasteiger partial charge < -0.3 is 18.9 Å². The van der Waals surface area contributed by atoms with Gasteiger partial charge in [-0.3, -0.25) is 0 Å². The van der Waals surface area contributed by atoms with Crippen molar-refractivity contribution in [1.29, 1.82) is 0 Å². The van der Waals surface area contributed by atoms with Crippen molar-refractivity contribution in [3.63, 3.8) is 0 Å². The number of benzene rings is 2. The van der Waals surface area contributed by atoms with E-state index in [1.807, 2.05) is 48.6 Å². The van der Waals surface area contributed by atoms with Crippen LogP contribution >= 0.6 is 0 Å². The molecule has 0 atom stereocenters. The number of hydrogen-bond acceptors (Lipinski definition) is 4. The maximum atomic E-state index is 5.71. The SMILES string of the molecule is C=CCOc1cc(OC)ccc1/C=C/c1cc(OC)cc(OC)c1. The van der Waals surface area contributed by atoms with Crippen LogP contribution in [0.4, 0.5) is 0 Å². The van der Waals surface area contributed by atoms with E-state index in [1.54, 1.807) is 27.4 Å². The summed E-state index contributed by atoms with van der Waals surface area (Å²) in [6.45, 7) is 4.11. The highest BCUT2D eigenvalue weighted by atomic mass is 16.5. The lowest BCUT2D eigenvalue weighted by molar-refractivity contribution is 0.356. The standard InChI is InChI=1S/C20H22O4/c1-5-10-24-20-14-17(21-2)9-8-16(20)7-6-15-11-18(22-3)13-19(12-15)23-4/h5-9,11-14H,1,10H2,2-4H3/b7-6+. The predicted octanol–water partition coefficient (Wildman–Crippen LogP) is 4.45. The lowest BCUT2D eigenvalue weighted by atomic mass is 10.1. The van der Waals surface area contributed by atoms with Crippen molar-refractivity contribution in [1.82, 2.24) is 0 Å². The van der Waals surface area contributed by atoms with Gasteiger partial charge in [-0.05, 0) is 29.8 Å². The van der Waals surface area contributed by atoms with E-state index in [9.17, 15) is 0 Å². The van der Waals surface area contributed by atoms with Gasteiger partial charge in [0.1, 0.15) is 29.6 Å². The third kappa shape index (κ3) is 4.56. The fourth-order valence-electron chi connectivity index (χ4n) is 2.16. The minimum atomic E-state index is 0.432. The van der Waals surface area contributed by atoms with Crippen LogP contribution in [-0.4, -0.2) is 27.9 Å². The van der Waals surface area contributed by atoms with Gasteiger partial charge in [-0.25, -0.2) is 0 Å². The zero-order valence-corrected chi connectivity index (χ0v) is 14.2. The highest BCUT2D eigenvalue weighted by Crippen LogP contribution is 2.28. The Balaban J connectivity index is 2.32. The third-order valence-corrected chi connectivity index (χ3v) is 3.41. The molecule has 2 aromatic carbocycles. The summed E-state index contributed by atoms with van der Waals surface area (Å²) in [4.78, 5) is 0. The monoisotopic (exact) mass is 326 g/mol. The Morgan fingerprint density at radius 2 is 1.50 bits per heavy atom. The first-order valence-corrected chi connectivity index (χ1v) is 7.53. The van der Waals surface area contributed by atoms with Crippen molar-refractivity contribution in [3.05, 3.63) is 60.2 Å². The number of rotatable bonds is 8. The number of methoxy groups -OCH3 is 3. The molecule has 0 saturated carbocycles. The molecule has 0 spiro atoms. The van der Waals surface area contributed by atoms with E-state index in [2.05, 4.69) is 6.58 Å². The minimum absolute atomic E-state index is 0.432. The molecule has 0 fully saturated rings. The molecule has 0 N–H and O–H groups in total. The normalized spacial score (nSPS) is 10.5. The molecule has 0 heterocycles. The fraction of sp³-hybridized carbons (Fsp3) is 0.200. The third-order valence-electron chi connectivity index (χ3n) is 3.41. The van der Waals surface area contributed by atoms with Crippen LogP contribution in [0.25, 0.3) is 12.2 Å². The lowest BCUT2D eigenvalue weighted by Crippen LogP contribution is -1.96. The summed E-state index contributed by atoms with van der Waals surface area (Å²) in [7, 11) is 4.89. The Kier molecular flexibility index (Phi) is 6.32. The second-order valence-electron chi connectivity index (χ2n) is 4.98. The first-order chi connectivity index (χ1) is 11.7. The summed E-state index contributed by atoms with van der Waals surface area (Å²) in [5.41, 5.74) is 1.91. The largest absolute Gasteiger partial charge is 0.497 e. The van der Waals surface area contributed by atoms with Crippen LogP contribution in [0.1, 0.15) is 11.1 Å². The van der Waals surface area contributed by atoms with Crippen molar-refractivity contribution in [2.45, 2.75) is 0 Å². The first-order valence-electron chi connectivity index (χ1n) is 7.53. The fourth-order valence-corrected chi connectivity index (χ4v) is 2.16. The van der Waals surface area contributed by atoms with Crippen molar-refractivity contribution in [3.8, 4) is 23.0 Å². The Labute approximate surface area is 142 Å². The van der Waals surface area contributed by atoms with Crippen LogP contribution < -0.4 is 18.9 Å². The van der Waals surface area contributed by atoms with Gasteiger partial charge in [0.2, 0.25) is 0 Å². The summed E-state index contributed by atoms with van der Waals surface area (Å²) in [5, 5.41) is 0. The highest BCUT2D eigenvalue weighted by molar-refractivity contribution is 5.74. The maximum absolute atomic E-state index is 5.71. The van der Waals surface area contributed by atoms with Crippen LogP contribution in [0.3, 0.4) is 0 Å². The molecule has 126 valence electrons. The van der Waals surface area contributed by atoms with E-state index >= 15 is 0 Å². The topological polar surface area (TPSA) is 36.9 Å². The molecule has 0 aromatic heterocycles. The van der Waals surface area contributed by atoms with E-state index in [0.717, 1.165) is 34.1 Å². The zero-order chi connectivity index (χ0) is 17.4. The molecule has 0 saturated heterocycles. The molecule has 0 aliphatic rings. The Hall–Kier alpha value is -2.88. The van der Waals surface area contributed by atoms with Crippen LogP contribution in [0.15, 0.2) is 49.1 Å². The minimum Gasteiger partial charge on any atom is -0.497 e. The van der Waals surface area contributed by atoms with Crippen LogP contribution in [-0.2, 0) is 0 Å². The van der Waals surface area contributed by atoms with E-state index < -0.39 is 0 Å². The summed E-state index contributed by atoms with van der Waals surface area (Å²) in [6, 6.07) is 11.4. The molecule has 0 bridgehead atoms. The molecular weight excluding hydrogens is 304 g/mol. The van der Waals surface area contributed by atoms with Gasteiger partial charge in [-0.2, -0.15) is 0 Å². The van der Waals surface area contributed by atoms with Gasteiger partial charge in [0.05, 0.1) is 21.3 Å². The van der Waals surface area contributed by atoms with Gasteiger partial charge in [-0.15, -0.1) is 0 Å². The summed E-state index contributed by atoms with van der Waals surface area (Å²) >= 11 is 0. The van der Waals surface area contributed by atoms with E-state index in [4.69, 9.17) is 18.9 Å². The van der Waals surface area contributed by atoms with E-state index in [1.165, 1.54) is 0 Å². The van der Waals surface area contributed by atoms with Crippen LogP contribution in [0, 0.1) is 0 Å². The van der Waals surface area contributed by atoms with Crippen molar-refractivity contribution in [2.24, 2.45) is 0 Å². The summed E-state index contributed by atoms with van der Waals surface area (Å²) < 4.78 is 21.5. The van der Waals surface area contributed by atoms with E-state index in [-0.39, 0.29) is 0 Å². The molecular formula is C20H22O4. The van der Waals surface area contributed by atoms with Crippen molar-refractivity contribution < 1.29 is 18.9 Å². The van der Waals surface area contributed by atoms with Gasteiger partial charge >= 0.3 is 0 Å². The Morgan fingerprint density at radius 1 is 0.833 bits per heavy atom. The van der Waals surface area contributed by atoms with Gasteiger partial charge in [0, 0.05) is 17.7 Å². The zero-order valence-electron chi connectivity index (χ0n) is 14.2. The van der Waals surface area contributed by atoms with Gasteiger partial charge in [0.15, 0.2) is 0 Å². The molecule has 0 aliphatic carbocycles. The average Bonchev–Trinajstić information content (AvgIpc) is 2.64. The molecule has 0 unspecified atom stereocenters.